The first-order valence-electron chi connectivity index (χ1n) is 4.35. The van der Waals surface area contributed by atoms with E-state index in [1.807, 2.05) is 19.2 Å². The third-order valence-electron chi connectivity index (χ3n) is 2.04. The molecular weight excluding hydrogens is 233 g/mol. The van der Waals surface area contributed by atoms with Gasteiger partial charge in [0.1, 0.15) is 0 Å². The molecule has 3 nitrogen and oxygen atoms in total. The van der Waals surface area contributed by atoms with Gasteiger partial charge in [-0.2, -0.15) is 5.10 Å². The minimum atomic E-state index is 0.446. The van der Waals surface area contributed by atoms with Crippen molar-refractivity contribution >= 4 is 28.9 Å². The van der Waals surface area contributed by atoms with Crippen molar-refractivity contribution in [2.24, 2.45) is 0 Å². The van der Waals surface area contributed by atoms with Crippen LogP contribution in [0.1, 0.15) is 5.69 Å². The van der Waals surface area contributed by atoms with Crippen LogP contribution in [-0.2, 0) is 0 Å². The summed E-state index contributed by atoms with van der Waals surface area (Å²) >= 11 is 11.8. The van der Waals surface area contributed by atoms with Gasteiger partial charge >= 0.3 is 0 Å². The predicted molar refractivity (Wildman–Crippen MR) is 62.7 cm³/mol. The molecule has 0 aliphatic carbocycles. The summed E-state index contributed by atoms with van der Waals surface area (Å²) in [6.07, 6.45) is 1.82. The zero-order chi connectivity index (χ0) is 11.0. The van der Waals surface area contributed by atoms with Gasteiger partial charge in [0.15, 0.2) is 0 Å². The summed E-state index contributed by atoms with van der Waals surface area (Å²) in [5.74, 6) is 0. The second-order valence-corrected chi connectivity index (χ2v) is 4.04. The molecule has 15 heavy (non-hydrogen) atoms. The monoisotopic (exact) mass is 241 g/mol. The highest BCUT2D eigenvalue weighted by Gasteiger charge is 2.07. The number of nitrogens with two attached hydrogens (primary N) is 1. The molecule has 0 aliphatic rings. The maximum absolute atomic E-state index is 5.91. The molecule has 0 fully saturated rings. The van der Waals surface area contributed by atoms with Crippen molar-refractivity contribution in [1.82, 2.24) is 9.78 Å². The summed E-state index contributed by atoms with van der Waals surface area (Å²) in [4.78, 5) is 0. The van der Waals surface area contributed by atoms with Gasteiger partial charge in [0.05, 0.1) is 27.1 Å². The largest absolute Gasteiger partial charge is 0.397 e. The van der Waals surface area contributed by atoms with Gasteiger partial charge < -0.3 is 5.73 Å². The van der Waals surface area contributed by atoms with Crippen LogP contribution in [0.4, 0.5) is 5.69 Å². The lowest BCUT2D eigenvalue weighted by Gasteiger charge is -2.07. The smallest absolute Gasteiger partial charge is 0.0890 e. The summed E-state index contributed by atoms with van der Waals surface area (Å²) in [7, 11) is 0. The number of halogens is 2. The van der Waals surface area contributed by atoms with Crippen LogP contribution < -0.4 is 5.73 Å². The van der Waals surface area contributed by atoms with Crippen molar-refractivity contribution in [3.63, 3.8) is 0 Å². The van der Waals surface area contributed by atoms with E-state index in [4.69, 9.17) is 28.9 Å². The highest BCUT2D eigenvalue weighted by molar-refractivity contribution is 6.42. The van der Waals surface area contributed by atoms with Crippen LogP contribution in [0.25, 0.3) is 5.69 Å². The van der Waals surface area contributed by atoms with Crippen molar-refractivity contribution in [2.45, 2.75) is 6.92 Å². The minimum Gasteiger partial charge on any atom is -0.397 e. The Balaban J connectivity index is 2.58. The van der Waals surface area contributed by atoms with E-state index in [0.29, 0.717) is 15.7 Å². The Bertz CT molecular complexity index is 505. The van der Waals surface area contributed by atoms with Gasteiger partial charge in [0.2, 0.25) is 0 Å². The highest BCUT2D eigenvalue weighted by atomic mass is 35.5. The molecule has 0 amide bonds. The lowest BCUT2D eigenvalue weighted by molar-refractivity contribution is 0.865. The Morgan fingerprint density at radius 2 is 1.93 bits per heavy atom. The first-order valence-corrected chi connectivity index (χ1v) is 5.10. The van der Waals surface area contributed by atoms with Crippen molar-refractivity contribution in [2.75, 3.05) is 5.73 Å². The Kier molecular flexibility index (Phi) is 2.59. The topological polar surface area (TPSA) is 43.8 Å². The van der Waals surface area contributed by atoms with E-state index < -0.39 is 0 Å². The number of nitrogens with zero attached hydrogens (tertiary/aromatic N) is 2. The molecule has 1 heterocycles. The van der Waals surface area contributed by atoms with Crippen molar-refractivity contribution in [1.29, 1.82) is 0 Å². The summed E-state index contributed by atoms with van der Waals surface area (Å²) in [5.41, 5.74) is 8.03. The van der Waals surface area contributed by atoms with Crippen LogP contribution in [-0.4, -0.2) is 9.78 Å². The van der Waals surface area contributed by atoms with Gasteiger partial charge in [0.25, 0.3) is 0 Å². The van der Waals surface area contributed by atoms with Gasteiger partial charge in [0, 0.05) is 6.20 Å². The van der Waals surface area contributed by atoms with Crippen LogP contribution in [0.3, 0.4) is 0 Å². The minimum absolute atomic E-state index is 0.446. The zero-order valence-electron chi connectivity index (χ0n) is 8.04. The normalized spacial score (nSPS) is 10.6. The number of anilines is 1. The second kappa shape index (κ2) is 3.76. The maximum Gasteiger partial charge on any atom is 0.0890 e. The Hall–Kier alpha value is -1.19. The number of aryl methyl sites for hydroxylation is 1. The molecule has 2 aromatic rings. The standard InChI is InChI=1S/C10H9Cl2N3/c1-6-2-3-15(14-6)10-5-8(12)7(11)4-9(10)13/h2-5H,13H2,1H3. The third kappa shape index (κ3) is 1.94. The summed E-state index contributed by atoms with van der Waals surface area (Å²) in [6, 6.07) is 5.21. The average Bonchev–Trinajstić information content (AvgIpc) is 2.58. The van der Waals surface area contributed by atoms with Crippen LogP contribution >= 0.6 is 23.2 Å². The van der Waals surface area contributed by atoms with Gasteiger partial charge in [-0.15, -0.1) is 0 Å². The van der Waals surface area contributed by atoms with Gasteiger partial charge in [-0.05, 0) is 25.1 Å². The number of hydrogen-bond donors (Lipinski definition) is 1. The molecule has 0 atom stereocenters. The molecule has 2 rings (SSSR count). The van der Waals surface area contributed by atoms with E-state index >= 15 is 0 Å². The quantitative estimate of drug-likeness (QED) is 0.781. The van der Waals surface area contributed by atoms with Gasteiger partial charge in [-0.25, -0.2) is 4.68 Å². The van der Waals surface area contributed by atoms with Crippen LogP contribution in [0, 0.1) is 6.92 Å². The zero-order valence-corrected chi connectivity index (χ0v) is 9.55. The molecule has 2 N–H and O–H groups in total. The molecule has 0 radical (unpaired) electrons. The number of rotatable bonds is 1. The predicted octanol–water partition coefficient (Wildman–Crippen LogP) is 3.07. The van der Waals surface area contributed by atoms with E-state index in [0.717, 1.165) is 11.4 Å². The number of benzene rings is 1. The van der Waals surface area contributed by atoms with Crippen molar-refractivity contribution in [3.05, 3.63) is 40.1 Å². The van der Waals surface area contributed by atoms with Gasteiger partial charge in [-0.3, -0.25) is 0 Å². The lowest BCUT2D eigenvalue weighted by atomic mass is 10.3. The number of hydrogen-bond acceptors (Lipinski definition) is 2. The van der Waals surface area contributed by atoms with Crippen LogP contribution in [0.15, 0.2) is 24.4 Å². The SMILES string of the molecule is Cc1ccn(-c2cc(Cl)c(Cl)cc2N)n1. The van der Waals surface area contributed by atoms with E-state index in [1.165, 1.54) is 0 Å². The van der Waals surface area contributed by atoms with E-state index in [2.05, 4.69) is 5.10 Å². The molecule has 0 unspecified atom stereocenters. The molecule has 0 saturated heterocycles. The Morgan fingerprint density at radius 1 is 1.27 bits per heavy atom. The Morgan fingerprint density at radius 3 is 2.53 bits per heavy atom. The molecule has 0 spiro atoms. The molecule has 5 heteroatoms. The van der Waals surface area contributed by atoms with Crippen LogP contribution in [0.5, 0.6) is 0 Å². The average molecular weight is 242 g/mol. The van der Waals surface area contributed by atoms with E-state index in [-0.39, 0.29) is 0 Å². The Labute approximate surface area is 97.4 Å². The molecule has 0 bridgehead atoms. The fraction of sp³-hybridized carbons (Fsp3) is 0.100. The molecule has 78 valence electrons. The third-order valence-corrected chi connectivity index (χ3v) is 2.76. The molecule has 0 saturated carbocycles. The van der Waals surface area contributed by atoms with Gasteiger partial charge in [-0.1, -0.05) is 23.2 Å². The second-order valence-electron chi connectivity index (χ2n) is 3.23. The molecule has 1 aromatic heterocycles. The lowest BCUT2D eigenvalue weighted by Crippen LogP contribution is -2.00. The molecular formula is C10H9Cl2N3. The first kappa shape index (κ1) is 10.3. The summed E-state index contributed by atoms with van der Waals surface area (Å²) in [5, 5.41) is 5.16. The van der Waals surface area contributed by atoms with E-state index in [1.54, 1.807) is 16.8 Å². The maximum atomic E-state index is 5.91. The molecule has 0 aliphatic heterocycles. The van der Waals surface area contributed by atoms with Crippen molar-refractivity contribution < 1.29 is 0 Å². The first-order chi connectivity index (χ1) is 7.08. The number of nitrogen functional groups attached to an aromatic ring is 1. The fourth-order valence-electron chi connectivity index (χ4n) is 1.30. The summed E-state index contributed by atoms with van der Waals surface area (Å²) < 4.78 is 1.67. The van der Waals surface area contributed by atoms with E-state index in [9.17, 15) is 0 Å². The van der Waals surface area contributed by atoms with Crippen molar-refractivity contribution in [3.8, 4) is 5.69 Å². The number of aromatic nitrogens is 2. The highest BCUT2D eigenvalue weighted by Crippen LogP contribution is 2.29. The summed E-state index contributed by atoms with van der Waals surface area (Å²) in [6.45, 7) is 1.91. The van der Waals surface area contributed by atoms with Crippen LogP contribution in [0.2, 0.25) is 10.0 Å². The molecule has 1 aromatic carbocycles. The fourth-order valence-corrected chi connectivity index (χ4v) is 1.63.